The fraction of sp³-hybridized carbons (Fsp3) is 0.500. The predicted octanol–water partition coefficient (Wildman–Crippen LogP) is 3.00. The van der Waals surface area contributed by atoms with Crippen LogP contribution in [0.1, 0.15) is 30.4 Å². The molecule has 2 nitrogen and oxygen atoms in total. The van der Waals surface area contributed by atoms with Gasteiger partial charge in [0.05, 0.1) is 0 Å². The lowest BCUT2D eigenvalue weighted by Gasteiger charge is -2.29. The van der Waals surface area contributed by atoms with Crippen LogP contribution in [-0.4, -0.2) is 23.8 Å². The van der Waals surface area contributed by atoms with Crippen molar-refractivity contribution >= 4 is 5.84 Å². The number of hydrogen-bond acceptors (Lipinski definition) is 1. The maximum Gasteiger partial charge on any atom is 0.100 e. The molecule has 0 atom stereocenters. The largest absolute Gasteiger partial charge is 0.360 e. The lowest BCUT2D eigenvalue weighted by molar-refractivity contribution is 0.336. The highest BCUT2D eigenvalue weighted by molar-refractivity contribution is 5.81. The van der Waals surface area contributed by atoms with Crippen molar-refractivity contribution in [2.24, 2.45) is 0 Å². The van der Waals surface area contributed by atoms with Gasteiger partial charge in [0.1, 0.15) is 5.84 Å². The SMILES string of the molecule is Cc1ccccc1CC(=N)N1CCCCC1. The molecule has 2 heteroatoms. The molecule has 1 heterocycles. The third-order valence-electron chi connectivity index (χ3n) is 3.36. The van der Waals surface area contributed by atoms with E-state index in [2.05, 4.69) is 36.1 Å². The van der Waals surface area contributed by atoms with Crippen molar-refractivity contribution in [3.63, 3.8) is 0 Å². The van der Waals surface area contributed by atoms with E-state index < -0.39 is 0 Å². The standard InChI is InChI=1S/C14H20N2/c1-12-7-3-4-8-13(12)11-14(15)16-9-5-2-6-10-16/h3-4,7-8,15H,2,5-6,9-11H2,1H3. The first-order valence-electron chi connectivity index (χ1n) is 6.14. The highest BCUT2D eigenvalue weighted by Gasteiger charge is 2.13. The Balaban J connectivity index is 1.99. The molecule has 1 aromatic rings. The van der Waals surface area contributed by atoms with Gasteiger partial charge in [0.15, 0.2) is 0 Å². The minimum Gasteiger partial charge on any atom is -0.360 e. The second kappa shape index (κ2) is 5.15. The van der Waals surface area contributed by atoms with Crippen LogP contribution in [-0.2, 0) is 6.42 Å². The summed E-state index contributed by atoms with van der Waals surface area (Å²) < 4.78 is 0. The zero-order valence-electron chi connectivity index (χ0n) is 10.00. The van der Waals surface area contributed by atoms with Gasteiger partial charge in [-0.2, -0.15) is 0 Å². The van der Waals surface area contributed by atoms with Crippen molar-refractivity contribution in [1.82, 2.24) is 4.90 Å². The summed E-state index contributed by atoms with van der Waals surface area (Å²) in [6, 6.07) is 8.38. The first-order chi connectivity index (χ1) is 7.77. The van der Waals surface area contributed by atoms with Crippen molar-refractivity contribution < 1.29 is 0 Å². The highest BCUT2D eigenvalue weighted by atomic mass is 15.2. The van der Waals surface area contributed by atoms with E-state index in [1.807, 2.05) is 0 Å². The molecule has 2 rings (SSSR count). The van der Waals surface area contributed by atoms with Gasteiger partial charge >= 0.3 is 0 Å². The van der Waals surface area contributed by atoms with Crippen molar-refractivity contribution in [1.29, 1.82) is 5.41 Å². The fourth-order valence-electron chi connectivity index (χ4n) is 2.26. The minimum absolute atomic E-state index is 0.784. The van der Waals surface area contributed by atoms with Crippen LogP contribution in [0.25, 0.3) is 0 Å². The van der Waals surface area contributed by atoms with E-state index in [4.69, 9.17) is 5.41 Å². The summed E-state index contributed by atoms with van der Waals surface area (Å²) in [7, 11) is 0. The molecule has 1 saturated heterocycles. The molecule has 0 bridgehead atoms. The maximum atomic E-state index is 8.14. The Kier molecular flexibility index (Phi) is 3.60. The number of nitrogens with zero attached hydrogens (tertiary/aromatic N) is 1. The molecule has 16 heavy (non-hydrogen) atoms. The number of amidine groups is 1. The molecule has 0 unspecified atom stereocenters. The van der Waals surface area contributed by atoms with E-state index in [0.29, 0.717) is 0 Å². The Hall–Kier alpha value is -1.31. The van der Waals surface area contributed by atoms with Gasteiger partial charge in [-0.3, -0.25) is 5.41 Å². The van der Waals surface area contributed by atoms with Crippen LogP contribution in [0.2, 0.25) is 0 Å². The second-order valence-electron chi connectivity index (χ2n) is 4.60. The number of nitrogens with one attached hydrogen (secondary N) is 1. The van der Waals surface area contributed by atoms with Crippen LogP contribution < -0.4 is 0 Å². The Bertz CT molecular complexity index is 365. The lowest BCUT2D eigenvalue weighted by atomic mass is 10.0. The molecule has 1 aliphatic rings. The fourth-order valence-corrected chi connectivity index (χ4v) is 2.26. The first kappa shape index (κ1) is 11.2. The number of likely N-dealkylation sites (tertiary alicyclic amines) is 1. The van der Waals surface area contributed by atoms with Gasteiger partial charge in [-0.25, -0.2) is 0 Å². The lowest BCUT2D eigenvalue weighted by Crippen LogP contribution is -2.36. The van der Waals surface area contributed by atoms with Gasteiger partial charge in [-0.1, -0.05) is 24.3 Å². The van der Waals surface area contributed by atoms with Crippen LogP contribution in [0, 0.1) is 12.3 Å². The average molecular weight is 216 g/mol. The molecule has 0 radical (unpaired) electrons. The van der Waals surface area contributed by atoms with Gasteiger partial charge < -0.3 is 4.90 Å². The summed E-state index contributed by atoms with van der Waals surface area (Å²) in [5.74, 6) is 0.786. The Labute approximate surface area is 97.8 Å². The molecule has 0 aliphatic carbocycles. The summed E-state index contributed by atoms with van der Waals surface area (Å²) in [6.45, 7) is 4.27. The van der Waals surface area contributed by atoms with E-state index in [-0.39, 0.29) is 0 Å². The molecule has 0 saturated carbocycles. The molecular formula is C14H20N2. The molecule has 1 N–H and O–H groups in total. The summed E-state index contributed by atoms with van der Waals surface area (Å²) >= 11 is 0. The van der Waals surface area contributed by atoms with Crippen molar-refractivity contribution in [3.05, 3.63) is 35.4 Å². The third-order valence-corrected chi connectivity index (χ3v) is 3.36. The summed E-state index contributed by atoms with van der Waals surface area (Å²) in [4.78, 5) is 2.23. The van der Waals surface area contributed by atoms with Gasteiger partial charge in [0.2, 0.25) is 0 Å². The zero-order valence-corrected chi connectivity index (χ0v) is 10.00. The van der Waals surface area contributed by atoms with E-state index >= 15 is 0 Å². The van der Waals surface area contributed by atoms with E-state index in [1.54, 1.807) is 0 Å². The van der Waals surface area contributed by atoms with Crippen molar-refractivity contribution in [2.45, 2.75) is 32.6 Å². The molecule has 0 amide bonds. The van der Waals surface area contributed by atoms with Crippen molar-refractivity contribution in [3.8, 4) is 0 Å². The van der Waals surface area contributed by atoms with E-state index in [1.165, 1.54) is 30.4 Å². The number of rotatable bonds is 2. The number of benzene rings is 1. The number of piperidine rings is 1. The quantitative estimate of drug-likeness (QED) is 0.597. The van der Waals surface area contributed by atoms with Crippen LogP contribution in [0.5, 0.6) is 0 Å². The topological polar surface area (TPSA) is 27.1 Å². The Morgan fingerprint density at radius 1 is 1.19 bits per heavy atom. The minimum atomic E-state index is 0.784. The maximum absolute atomic E-state index is 8.14. The summed E-state index contributed by atoms with van der Waals surface area (Å²) in [5.41, 5.74) is 2.59. The Morgan fingerprint density at radius 3 is 2.56 bits per heavy atom. The number of aryl methyl sites for hydroxylation is 1. The average Bonchev–Trinajstić information content (AvgIpc) is 2.33. The first-order valence-corrected chi connectivity index (χ1v) is 6.14. The molecule has 86 valence electrons. The number of hydrogen-bond donors (Lipinski definition) is 1. The van der Waals surface area contributed by atoms with E-state index in [9.17, 15) is 0 Å². The zero-order chi connectivity index (χ0) is 11.4. The highest BCUT2D eigenvalue weighted by Crippen LogP contribution is 2.13. The Morgan fingerprint density at radius 2 is 1.88 bits per heavy atom. The third kappa shape index (κ3) is 2.63. The molecule has 1 fully saturated rings. The van der Waals surface area contributed by atoms with Gasteiger partial charge in [-0.05, 0) is 37.3 Å². The van der Waals surface area contributed by atoms with Gasteiger partial charge in [0, 0.05) is 19.5 Å². The summed E-state index contributed by atoms with van der Waals surface area (Å²) in [5, 5.41) is 8.14. The van der Waals surface area contributed by atoms with Gasteiger partial charge in [-0.15, -0.1) is 0 Å². The van der Waals surface area contributed by atoms with Crippen LogP contribution >= 0.6 is 0 Å². The summed E-state index contributed by atoms with van der Waals surface area (Å²) in [6.07, 6.45) is 4.60. The molecular weight excluding hydrogens is 196 g/mol. The van der Waals surface area contributed by atoms with Gasteiger partial charge in [0.25, 0.3) is 0 Å². The second-order valence-corrected chi connectivity index (χ2v) is 4.60. The van der Waals surface area contributed by atoms with Crippen LogP contribution in [0.15, 0.2) is 24.3 Å². The molecule has 0 aromatic heterocycles. The van der Waals surface area contributed by atoms with Crippen LogP contribution in [0.3, 0.4) is 0 Å². The molecule has 1 aliphatic heterocycles. The predicted molar refractivity (Wildman–Crippen MR) is 68.0 cm³/mol. The van der Waals surface area contributed by atoms with E-state index in [0.717, 1.165) is 25.3 Å². The van der Waals surface area contributed by atoms with Crippen LogP contribution in [0.4, 0.5) is 0 Å². The normalized spacial score (nSPS) is 16.2. The smallest absolute Gasteiger partial charge is 0.100 e. The molecule has 0 spiro atoms. The monoisotopic (exact) mass is 216 g/mol. The van der Waals surface area contributed by atoms with Crippen molar-refractivity contribution in [2.75, 3.05) is 13.1 Å². The molecule has 1 aromatic carbocycles.